The first-order chi connectivity index (χ1) is 6.17. The topological polar surface area (TPSA) is 30.2 Å². The lowest BCUT2D eigenvalue weighted by atomic mass is 10.3. The van der Waals surface area contributed by atoms with Gasteiger partial charge in [0.15, 0.2) is 12.4 Å². The van der Waals surface area contributed by atoms with E-state index in [4.69, 9.17) is 0 Å². The molecule has 0 radical (unpaired) electrons. The molecular weight excluding hydrogens is 313 g/mol. The van der Waals surface area contributed by atoms with Crippen LogP contribution in [0.2, 0.25) is 0 Å². The van der Waals surface area contributed by atoms with Crippen LogP contribution in [0.3, 0.4) is 0 Å². The highest BCUT2D eigenvalue weighted by Crippen LogP contribution is 2.13. The van der Waals surface area contributed by atoms with E-state index in [1.807, 2.05) is 30.1 Å². The summed E-state index contributed by atoms with van der Waals surface area (Å²) >= 11 is 1.60. The van der Waals surface area contributed by atoms with Crippen LogP contribution in [-0.4, -0.2) is 19.3 Å². The number of hydrogen-bond acceptors (Lipinski definition) is 3. The molecule has 1 aromatic heterocycles. The minimum absolute atomic E-state index is 0. The van der Waals surface area contributed by atoms with Crippen LogP contribution in [-0.2, 0) is 11.8 Å². The molecule has 0 aliphatic rings. The molecule has 1 aromatic rings. The van der Waals surface area contributed by atoms with Gasteiger partial charge in [-0.2, -0.15) is 0 Å². The van der Waals surface area contributed by atoms with Gasteiger partial charge in [-0.05, 0) is 12.3 Å². The lowest BCUT2D eigenvalue weighted by Crippen LogP contribution is -3.00. The van der Waals surface area contributed by atoms with Gasteiger partial charge in [-0.25, -0.2) is 9.36 Å². The highest BCUT2D eigenvalue weighted by molar-refractivity contribution is 7.98. The van der Waals surface area contributed by atoms with E-state index < -0.39 is 0 Å². The van der Waals surface area contributed by atoms with E-state index in [1.54, 1.807) is 18.0 Å². The maximum Gasteiger partial charge on any atom is 0.344 e. The van der Waals surface area contributed by atoms with Crippen molar-refractivity contribution < 1.29 is 38.1 Å². The maximum absolute atomic E-state index is 11.2. The number of esters is 1. The van der Waals surface area contributed by atoms with Gasteiger partial charge in [-0.15, -0.1) is 11.8 Å². The van der Waals surface area contributed by atoms with Gasteiger partial charge >= 0.3 is 5.97 Å². The van der Waals surface area contributed by atoms with Gasteiger partial charge in [0.25, 0.3) is 0 Å². The van der Waals surface area contributed by atoms with Gasteiger partial charge < -0.3 is 28.7 Å². The van der Waals surface area contributed by atoms with Crippen molar-refractivity contribution in [2.75, 3.05) is 13.4 Å². The van der Waals surface area contributed by atoms with Crippen molar-refractivity contribution in [3.8, 4) is 0 Å². The number of carbonyl (C=O) groups excluding carboxylic acids is 1. The van der Waals surface area contributed by atoms with Gasteiger partial charge in [-0.1, -0.05) is 0 Å². The van der Waals surface area contributed by atoms with Crippen molar-refractivity contribution >= 4 is 17.7 Å². The Labute approximate surface area is 105 Å². The molecule has 14 heavy (non-hydrogen) atoms. The molecule has 5 heteroatoms. The Bertz CT molecular complexity index is 331. The molecule has 0 unspecified atom stereocenters. The highest BCUT2D eigenvalue weighted by Gasteiger charge is 2.11. The van der Waals surface area contributed by atoms with Crippen molar-refractivity contribution in [2.24, 2.45) is 7.05 Å². The number of hydrogen-bond donors (Lipinski definition) is 0. The summed E-state index contributed by atoms with van der Waals surface area (Å²) in [7, 11) is 3.26. The number of ether oxygens (including phenoxy) is 1. The van der Waals surface area contributed by atoms with Crippen LogP contribution >= 0.6 is 11.8 Å². The fraction of sp³-hybridized carbons (Fsp3) is 0.333. The first-order valence-electron chi connectivity index (χ1n) is 3.80. The molecule has 78 valence electrons. The summed E-state index contributed by atoms with van der Waals surface area (Å²) in [4.78, 5) is 12.2. The molecule has 0 bridgehead atoms. The standard InChI is InChI=1S/C9H12NO2S.HI/c1-10-5-7(9(11)12-2)4-8(6-10)13-3;/h4-6H,1-3H3;1H/q+1;/p-1. The monoisotopic (exact) mass is 325 g/mol. The third-order valence-corrected chi connectivity index (χ3v) is 2.32. The van der Waals surface area contributed by atoms with Crippen molar-refractivity contribution in [2.45, 2.75) is 4.90 Å². The van der Waals surface area contributed by atoms with Gasteiger partial charge in [0.2, 0.25) is 0 Å². The molecule has 0 spiro atoms. The summed E-state index contributed by atoms with van der Waals surface area (Å²) in [5, 5.41) is 0. The van der Waals surface area contributed by atoms with Crippen LogP contribution in [0.15, 0.2) is 23.4 Å². The second-order valence-corrected chi connectivity index (χ2v) is 3.50. The molecule has 3 nitrogen and oxygen atoms in total. The Morgan fingerprint density at radius 3 is 2.64 bits per heavy atom. The molecule has 0 aliphatic heterocycles. The largest absolute Gasteiger partial charge is 1.00 e. The fourth-order valence-electron chi connectivity index (χ4n) is 1.03. The zero-order valence-electron chi connectivity index (χ0n) is 8.28. The lowest BCUT2D eigenvalue weighted by Gasteiger charge is -1.99. The maximum atomic E-state index is 11.2. The van der Waals surface area contributed by atoms with Crippen LogP contribution in [0.25, 0.3) is 0 Å². The molecular formula is C9H12INO2S. The first kappa shape index (κ1) is 13.7. The number of carbonyl (C=O) groups is 1. The number of aromatic nitrogens is 1. The number of thioether (sulfide) groups is 1. The zero-order valence-corrected chi connectivity index (χ0v) is 11.3. The number of rotatable bonds is 2. The Balaban J connectivity index is 0.00000169. The van der Waals surface area contributed by atoms with Gasteiger partial charge in [0.05, 0.1) is 12.0 Å². The van der Waals surface area contributed by atoms with E-state index in [9.17, 15) is 4.79 Å². The van der Waals surface area contributed by atoms with Crippen LogP contribution in [0.5, 0.6) is 0 Å². The molecule has 0 aliphatic carbocycles. The van der Waals surface area contributed by atoms with Crippen molar-refractivity contribution in [3.05, 3.63) is 24.0 Å². The highest BCUT2D eigenvalue weighted by atomic mass is 127. The van der Waals surface area contributed by atoms with E-state index in [0.29, 0.717) is 5.56 Å². The smallest absolute Gasteiger partial charge is 0.344 e. The Kier molecular flexibility index (Phi) is 6.10. The number of methoxy groups -OCH3 is 1. The van der Waals surface area contributed by atoms with E-state index in [-0.39, 0.29) is 29.9 Å². The minimum Gasteiger partial charge on any atom is -1.00 e. The van der Waals surface area contributed by atoms with E-state index >= 15 is 0 Å². The third-order valence-electron chi connectivity index (χ3n) is 1.63. The van der Waals surface area contributed by atoms with E-state index in [1.165, 1.54) is 7.11 Å². The number of pyridine rings is 1. The normalized spacial score (nSPS) is 9.07. The summed E-state index contributed by atoms with van der Waals surface area (Å²) in [6.07, 6.45) is 5.67. The lowest BCUT2D eigenvalue weighted by molar-refractivity contribution is -0.673. The summed E-state index contributed by atoms with van der Waals surface area (Å²) in [6.45, 7) is 0. The third kappa shape index (κ3) is 3.45. The van der Waals surface area contributed by atoms with Crippen LogP contribution < -0.4 is 28.5 Å². The molecule has 0 amide bonds. The molecule has 1 heterocycles. The molecule has 1 rings (SSSR count). The SMILES string of the molecule is COC(=O)c1cc(SC)c[n+](C)c1.[I-]. The van der Waals surface area contributed by atoms with Crippen molar-refractivity contribution in [1.29, 1.82) is 0 Å². The summed E-state index contributed by atoms with van der Waals surface area (Å²) in [5.41, 5.74) is 0.580. The Hall–Kier alpha value is -0.300. The molecule has 0 N–H and O–H groups in total. The number of aryl methyl sites for hydroxylation is 1. The summed E-state index contributed by atoms with van der Waals surface area (Å²) < 4.78 is 6.47. The second kappa shape index (κ2) is 6.23. The zero-order chi connectivity index (χ0) is 9.84. The molecule has 0 aromatic carbocycles. The second-order valence-electron chi connectivity index (χ2n) is 2.62. The molecule has 0 saturated heterocycles. The number of halogens is 1. The average molecular weight is 325 g/mol. The first-order valence-corrected chi connectivity index (χ1v) is 5.02. The quantitative estimate of drug-likeness (QED) is 0.273. The molecule has 0 saturated carbocycles. The summed E-state index contributed by atoms with van der Waals surface area (Å²) in [5.74, 6) is -0.300. The predicted octanol–water partition coefficient (Wildman–Crippen LogP) is -1.98. The number of nitrogens with zero attached hydrogens (tertiary/aromatic N) is 1. The van der Waals surface area contributed by atoms with Crippen LogP contribution in [0, 0.1) is 0 Å². The minimum atomic E-state index is -0.300. The van der Waals surface area contributed by atoms with Crippen LogP contribution in [0.4, 0.5) is 0 Å². The Morgan fingerprint density at radius 1 is 1.50 bits per heavy atom. The summed E-state index contributed by atoms with van der Waals surface area (Å²) in [6, 6.07) is 1.82. The van der Waals surface area contributed by atoms with Gasteiger partial charge in [0, 0.05) is 0 Å². The van der Waals surface area contributed by atoms with E-state index in [0.717, 1.165) is 4.90 Å². The van der Waals surface area contributed by atoms with Gasteiger partial charge in [0.1, 0.15) is 12.6 Å². The average Bonchev–Trinajstić information content (AvgIpc) is 2.15. The fourth-order valence-corrected chi connectivity index (χ4v) is 1.54. The predicted molar refractivity (Wildman–Crippen MR) is 50.7 cm³/mol. The molecule has 0 fully saturated rings. The Morgan fingerprint density at radius 2 is 2.14 bits per heavy atom. The van der Waals surface area contributed by atoms with Gasteiger partial charge in [-0.3, -0.25) is 0 Å². The van der Waals surface area contributed by atoms with Crippen molar-refractivity contribution in [1.82, 2.24) is 0 Å². The van der Waals surface area contributed by atoms with Crippen LogP contribution in [0.1, 0.15) is 10.4 Å². The van der Waals surface area contributed by atoms with Crippen molar-refractivity contribution in [3.63, 3.8) is 0 Å². The van der Waals surface area contributed by atoms with E-state index in [2.05, 4.69) is 4.74 Å². The molecule has 0 atom stereocenters.